The maximum atomic E-state index is 10.8. The molecule has 67 valence electrons. The Hall–Kier alpha value is 0.684. The van der Waals surface area contributed by atoms with Crippen LogP contribution in [0.5, 0.6) is 0 Å². The summed E-state index contributed by atoms with van der Waals surface area (Å²) < 4.78 is 10.6. The Balaban J connectivity index is 0.00000121. The standard InChI is InChI=1S/C6H11N2O2S.Y/c7-2-1-6(9)8-5-3-11(10)4-5;/h5,7H,1-4H2,(H,8,9);/q-1;. The van der Waals surface area contributed by atoms with Crippen molar-refractivity contribution in [3.05, 3.63) is 5.73 Å². The molecular formula is C6H11N2O2SY-. The zero-order valence-corrected chi connectivity index (χ0v) is 10.4. The van der Waals surface area contributed by atoms with Crippen LogP contribution in [0.3, 0.4) is 0 Å². The average molecular weight is 264 g/mol. The molecule has 0 aliphatic carbocycles. The summed E-state index contributed by atoms with van der Waals surface area (Å²) in [6.07, 6.45) is 0.253. The molecule has 12 heavy (non-hydrogen) atoms. The van der Waals surface area contributed by atoms with Crippen molar-refractivity contribution in [1.29, 1.82) is 0 Å². The molecule has 4 nitrogen and oxygen atoms in total. The number of hydrogen-bond acceptors (Lipinski definition) is 2. The SMILES string of the molecule is [NH-]CCC(=O)NC1CS(=O)C1.[Y]. The Morgan fingerprint density at radius 1 is 1.58 bits per heavy atom. The first kappa shape index (κ1) is 12.7. The third-order valence-corrected chi connectivity index (χ3v) is 3.04. The monoisotopic (exact) mass is 264 g/mol. The van der Waals surface area contributed by atoms with E-state index < -0.39 is 10.8 Å². The van der Waals surface area contributed by atoms with Crippen molar-refractivity contribution in [3.63, 3.8) is 0 Å². The fraction of sp³-hybridized carbons (Fsp3) is 0.833. The van der Waals surface area contributed by atoms with Gasteiger partial charge in [0.2, 0.25) is 5.91 Å². The van der Waals surface area contributed by atoms with Gasteiger partial charge >= 0.3 is 0 Å². The molecule has 0 aromatic heterocycles. The molecule has 1 aliphatic heterocycles. The topological polar surface area (TPSA) is 70.0 Å². The van der Waals surface area contributed by atoms with Crippen molar-refractivity contribution in [3.8, 4) is 0 Å². The van der Waals surface area contributed by atoms with E-state index in [-0.39, 0.29) is 57.6 Å². The molecule has 0 bridgehead atoms. The molecule has 0 atom stereocenters. The molecule has 1 rings (SSSR count). The van der Waals surface area contributed by atoms with Crippen LogP contribution in [0.15, 0.2) is 0 Å². The van der Waals surface area contributed by atoms with Crippen molar-refractivity contribution in [2.75, 3.05) is 18.1 Å². The van der Waals surface area contributed by atoms with Gasteiger partial charge in [-0.2, -0.15) is 0 Å². The fourth-order valence-corrected chi connectivity index (χ4v) is 1.86. The molecule has 6 heteroatoms. The quantitative estimate of drug-likeness (QED) is 0.758. The number of carbonyl (C=O) groups excluding carboxylic acids is 1. The van der Waals surface area contributed by atoms with E-state index >= 15 is 0 Å². The number of hydrogen-bond donors (Lipinski definition) is 1. The zero-order chi connectivity index (χ0) is 8.27. The molecule has 1 saturated heterocycles. The van der Waals surface area contributed by atoms with Crippen molar-refractivity contribution in [2.45, 2.75) is 12.5 Å². The van der Waals surface area contributed by atoms with Crippen LogP contribution in [0.1, 0.15) is 6.42 Å². The molecule has 0 saturated carbocycles. The van der Waals surface area contributed by atoms with Gasteiger partial charge in [0.05, 0.1) is 6.04 Å². The number of carbonyl (C=O) groups is 1. The molecule has 1 heterocycles. The Kier molecular flexibility index (Phi) is 6.54. The van der Waals surface area contributed by atoms with E-state index in [1.54, 1.807) is 0 Å². The van der Waals surface area contributed by atoms with Gasteiger partial charge < -0.3 is 11.1 Å². The van der Waals surface area contributed by atoms with Gasteiger partial charge in [0.25, 0.3) is 0 Å². The smallest absolute Gasteiger partial charge is 0.218 e. The minimum absolute atomic E-state index is 0. The summed E-state index contributed by atoms with van der Waals surface area (Å²) in [7, 11) is -0.704. The molecule has 0 spiro atoms. The van der Waals surface area contributed by atoms with Gasteiger partial charge in [0.1, 0.15) is 0 Å². The Morgan fingerprint density at radius 2 is 2.17 bits per heavy atom. The summed E-state index contributed by atoms with van der Waals surface area (Å²) in [6.45, 7) is 0.127. The number of amides is 1. The van der Waals surface area contributed by atoms with Crippen LogP contribution < -0.4 is 5.32 Å². The Labute approximate surface area is 99.4 Å². The molecule has 2 N–H and O–H groups in total. The minimum Gasteiger partial charge on any atom is -0.677 e. The molecule has 1 fully saturated rings. The van der Waals surface area contributed by atoms with Gasteiger partial charge in [-0.3, -0.25) is 9.00 Å². The minimum atomic E-state index is -0.704. The van der Waals surface area contributed by atoms with Gasteiger partial charge in [-0.25, -0.2) is 0 Å². The number of rotatable bonds is 3. The summed E-state index contributed by atoms with van der Waals surface area (Å²) in [4.78, 5) is 10.8. The van der Waals surface area contributed by atoms with Crippen LogP contribution in [0.25, 0.3) is 5.73 Å². The second-order valence-electron chi connectivity index (χ2n) is 2.54. The fourth-order valence-electron chi connectivity index (χ4n) is 0.897. The van der Waals surface area contributed by atoms with Gasteiger partial charge in [0, 0.05) is 61.4 Å². The van der Waals surface area contributed by atoms with E-state index in [0.29, 0.717) is 11.5 Å². The van der Waals surface area contributed by atoms with Crippen LogP contribution in [0.2, 0.25) is 0 Å². The van der Waals surface area contributed by atoms with Crippen LogP contribution in [-0.4, -0.2) is 34.2 Å². The summed E-state index contributed by atoms with van der Waals surface area (Å²) >= 11 is 0. The second kappa shape index (κ2) is 6.19. The molecule has 1 aliphatic rings. The van der Waals surface area contributed by atoms with Crippen molar-refractivity contribution in [1.82, 2.24) is 5.32 Å². The van der Waals surface area contributed by atoms with E-state index in [1.807, 2.05) is 0 Å². The predicted octanol–water partition coefficient (Wildman–Crippen LogP) is -0.327. The first-order chi connectivity index (χ1) is 5.22. The molecule has 1 radical (unpaired) electrons. The third kappa shape index (κ3) is 4.07. The van der Waals surface area contributed by atoms with E-state index in [1.165, 1.54) is 0 Å². The van der Waals surface area contributed by atoms with Crippen molar-refractivity contribution >= 4 is 16.7 Å². The molecule has 0 unspecified atom stereocenters. The third-order valence-electron chi connectivity index (χ3n) is 1.49. The van der Waals surface area contributed by atoms with E-state index in [9.17, 15) is 9.00 Å². The van der Waals surface area contributed by atoms with E-state index in [0.717, 1.165) is 0 Å². The predicted molar refractivity (Wildman–Crippen MR) is 43.6 cm³/mol. The first-order valence-corrected chi connectivity index (χ1v) is 5.00. The maximum absolute atomic E-state index is 10.8. The largest absolute Gasteiger partial charge is 0.677 e. The van der Waals surface area contributed by atoms with Crippen LogP contribution in [-0.2, 0) is 48.3 Å². The van der Waals surface area contributed by atoms with Crippen LogP contribution >= 0.6 is 0 Å². The molecular weight excluding hydrogens is 253 g/mol. The average Bonchev–Trinajstić information content (AvgIpc) is 1.85. The molecule has 0 aromatic rings. The molecule has 1 amide bonds. The van der Waals surface area contributed by atoms with Gasteiger partial charge in [-0.15, -0.1) is 6.54 Å². The summed E-state index contributed by atoms with van der Waals surface area (Å²) in [5.41, 5.74) is 6.77. The van der Waals surface area contributed by atoms with Crippen LogP contribution in [0, 0.1) is 0 Å². The number of nitrogens with one attached hydrogen (secondary N) is 2. The van der Waals surface area contributed by atoms with Gasteiger partial charge in [-0.1, -0.05) is 0 Å². The Bertz CT molecular complexity index is 180. The molecule has 0 aromatic carbocycles. The summed E-state index contributed by atoms with van der Waals surface area (Å²) in [5, 5.41) is 2.70. The zero-order valence-electron chi connectivity index (χ0n) is 6.71. The summed E-state index contributed by atoms with van der Waals surface area (Å²) in [6, 6.07) is 0.106. The normalized spacial score (nSPS) is 26.8. The Morgan fingerprint density at radius 3 is 2.58 bits per heavy atom. The maximum Gasteiger partial charge on any atom is 0.218 e. The van der Waals surface area contributed by atoms with E-state index in [4.69, 9.17) is 5.73 Å². The second-order valence-corrected chi connectivity index (χ2v) is 4.08. The van der Waals surface area contributed by atoms with Crippen molar-refractivity contribution in [2.24, 2.45) is 0 Å². The van der Waals surface area contributed by atoms with E-state index in [2.05, 4.69) is 5.32 Å². The first-order valence-electron chi connectivity index (χ1n) is 3.51. The van der Waals surface area contributed by atoms with Crippen molar-refractivity contribution < 1.29 is 41.7 Å². The van der Waals surface area contributed by atoms with Crippen LogP contribution in [0.4, 0.5) is 0 Å². The summed E-state index contributed by atoms with van der Waals surface area (Å²) in [5.74, 6) is 1.08. The van der Waals surface area contributed by atoms with Gasteiger partial charge in [-0.05, 0) is 0 Å². The van der Waals surface area contributed by atoms with Gasteiger partial charge in [0.15, 0.2) is 0 Å².